The first-order valence-electron chi connectivity index (χ1n) is 8.36. The number of benzene rings is 2. The molecule has 2 rings (SSSR count). The van der Waals surface area contributed by atoms with Crippen LogP contribution in [0.25, 0.3) is 0 Å². The lowest BCUT2D eigenvalue weighted by molar-refractivity contribution is -0.862. The number of amides is 2. The van der Waals surface area contributed by atoms with Crippen LogP contribution in [0.1, 0.15) is 6.92 Å². The molecule has 0 fully saturated rings. The molecule has 0 aromatic heterocycles. The first-order valence-corrected chi connectivity index (χ1v) is 8.36. The number of carbonyl (C=O) groups is 2. The maximum absolute atomic E-state index is 13.1. The Balaban J connectivity index is 1.84. The van der Waals surface area contributed by atoms with Crippen LogP contribution in [0.15, 0.2) is 48.5 Å². The van der Waals surface area contributed by atoms with E-state index in [-0.39, 0.29) is 24.9 Å². The summed E-state index contributed by atoms with van der Waals surface area (Å²) in [6.45, 7) is 2.56. The number of hydrogen-bond donors (Lipinski definition) is 3. The molecule has 0 aliphatic carbocycles. The van der Waals surface area contributed by atoms with Gasteiger partial charge in [-0.25, -0.2) is 4.39 Å². The van der Waals surface area contributed by atoms with Crippen molar-refractivity contribution in [3.63, 3.8) is 0 Å². The molecule has 1 atom stereocenters. The molecule has 3 N–H and O–H groups in total. The molecule has 0 radical (unpaired) electrons. The molecular formula is C19H23FN3O3+. The molecular weight excluding hydrogens is 337 g/mol. The van der Waals surface area contributed by atoms with E-state index in [9.17, 15) is 14.0 Å². The minimum Gasteiger partial charge on any atom is -0.492 e. The molecule has 2 amide bonds. The van der Waals surface area contributed by atoms with Gasteiger partial charge in [-0.2, -0.15) is 0 Å². The third-order valence-electron chi connectivity index (χ3n) is 3.49. The largest absolute Gasteiger partial charge is 0.492 e. The molecule has 0 saturated heterocycles. The third-order valence-corrected chi connectivity index (χ3v) is 3.49. The molecule has 0 bridgehead atoms. The van der Waals surface area contributed by atoms with Crippen molar-refractivity contribution in [2.24, 2.45) is 0 Å². The van der Waals surface area contributed by atoms with Gasteiger partial charge >= 0.3 is 0 Å². The van der Waals surface area contributed by atoms with Crippen molar-refractivity contribution in [2.45, 2.75) is 6.92 Å². The summed E-state index contributed by atoms with van der Waals surface area (Å²) in [6.07, 6.45) is 0. The fourth-order valence-corrected chi connectivity index (χ4v) is 2.43. The Bertz CT molecular complexity index is 767. The van der Waals surface area contributed by atoms with Crippen LogP contribution in [-0.2, 0) is 9.59 Å². The van der Waals surface area contributed by atoms with Crippen LogP contribution in [0, 0.1) is 5.82 Å². The lowest BCUT2D eigenvalue weighted by Gasteiger charge is -2.15. The zero-order valence-electron chi connectivity index (χ0n) is 14.8. The van der Waals surface area contributed by atoms with Gasteiger partial charge in [-0.15, -0.1) is 0 Å². The zero-order chi connectivity index (χ0) is 18.9. The number of carbonyl (C=O) groups excluding carboxylic acids is 2. The first-order chi connectivity index (χ1) is 12.5. The second kappa shape index (κ2) is 9.53. The number of halogens is 1. The van der Waals surface area contributed by atoms with Crippen molar-refractivity contribution >= 4 is 23.2 Å². The van der Waals surface area contributed by atoms with Gasteiger partial charge in [0.2, 0.25) is 0 Å². The molecule has 0 saturated carbocycles. The Morgan fingerprint density at radius 2 is 1.73 bits per heavy atom. The molecule has 138 valence electrons. The molecule has 0 heterocycles. The number of para-hydroxylation sites is 2. The lowest BCUT2D eigenvalue weighted by Crippen LogP contribution is -3.11. The first kappa shape index (κ1) is 19.4. The highest BCUT2D eigenvalue weighted by atomic mass is 19.1. The van der Waals surface area contributed by atoms with Crippen LogP contribution in [0.5, 0.6) is 5.75 Å². The van der Waals surface area contributed by atoms with Crippen LogP contribution >= 0.6 is 0 Å². The van der Waals surface area contributed by atoms with E-state index in [0.717, 1.165) is 0 Å². The van der Waals surface area contributed by atoms with Gasteiger partial charge in [0, 0.05) is 5.69 Å². The second-order valence-corrected chi connectivity index (χ2v) is 5.85. The van der Waals surface area contributed by atoms with Crippen LogP contribution < -0.4 is 20.3 Å². The number of likely N-dealkylation sites (N-methyl/N-ethyl adjacent to an activating group) is 1. The van der Waals surface area contributed by atoms with E-state index in [1.165, 1.54) is 18.2 Å². The van der Waals surface area contributed by atoms with Gasteiger partial charge < -0.3 is 20.3 Å². The number of rotatable bonds is 8. The number of nitrogens with one attached hydrogen (secondary N) is 3. The number of quaternary nitrogens is 1. The van der Waals surface area contributed by atoms with E-state index in [4.69, 9.17) is 4.74 Å². The maximum Gasteiger partial charge on any atom is 0.279 e. The van der Waals surface area contributed by atoms with Gasteiger partial charge in [0.25, 0.3) is 11.8 Å². The van der Waals surface area contributed by atoms with Crippen LogP contribution in [-0.4, -0.2) is 38.6 Å². The van der Waals surface area contributed by atoms with Gasteiger partial charge in [-0.1, -0.05) is 18.2 Å². The summed E-state index contributed by atoms with van der Waals surface area (Å²) < 4.78 is 18.6. The highest BCUT2D eigenvalue weighted by Gasteiger charge is 2.16. The van der Waals surface area contributed by atoms with Crippen molar-refractivity contribution in [3.8, 4) is 5.75 Å². The van der Waals surface area contributed by atoms with Gasteiger partial charge in [-0.05, 0) is 37.3 Å². The summed E-state index contributed by atoms with van der Waals surface area (Å²) in [5.41, 5.74) is 0.981. The number of ether oxygens (including phenoxy) is 1. The average molecular weight is 360 g/mol. The lowest BCUT2D eigenvalue weighted by atomic mass is 10.3. The molecule has 0 spiro atoms. The van der Waals surface area contributed by atoms with Crippen molar-refractivity contribution in [1.82, 2.24) is 0 Å². The normalized spacial score (nSPS) is 11.5. The van der Waals surface area contributed by atoms with Gasteiger partial charge in [0.05, 0.1) is 19.3 Å². The highest BCUT2D eigenvalue weighted by molar-refractivity contribution is 5.94. The Morgan fingerprint density at radius 1 is 1.04 bits per heavy atom. The molecule has 2 aromatic carbocycles. The molecule has 2 aromatic rings. The predicted octanol–water partition coefficient (Wildman–Crippen LogP) is 1.32. The topological polar surface area (TPSA) is 71.9 Å². The Hall–Kier alpha value is -2.93. The van der Waals surface area contributed by atoms with E-state index < -0.39 is 5.82 Å². The molecule has 7 heteroatoms. The van der Waals surface area contributed by atoms with Gasteiger partial charge in [0.1, 0.15) is 11.6 Å². The maximum atomic E-state index is 13.1. The van der Waals surface area contributed by atoms with Crippen LogP contribution in [0.4, 0.5) is 15.8 Å². The summed E-state index contributed by atoms with van der Waals surface area (Å²) in [4.78, 5) is 24.9. The van der Waals surface area contributed by atoms with Gasteiger partial charge in [0.15, 0.2) is 13.1 Å². The van der Waals surface area contributed by atoms with E-state index in [0.29, 0.717) is 28.6 Å². The third kappa shape index (κ3) is 6.18. The average Bonchev–Trinajstić information content (AvgIpc) is 2.56. The van der Waals surface area contributed by atoms with Crippen LogP contribution in [0.2, 0.25) is 0 Å². The van der Waals surface area contributed by atoms with E-state index in [2.05, 4.69) is 10.6 Å². The second-order valence-electron chi connectivity index (χ2n) is 5.85. The fraction of sp³-hybridized carbons (Fsp3) is 0.263. The quantitative estimate of drug-likeness (QED) is 0.665. The molecule has 26 heavy (non-hydrogen) atoms. The van der Waals surface area contributed by atoms with E-state index >= 15 is 0 Å². The van der Waals surface area contributed by atoms with Crippen molar-refractivity contribution in [2.75, 3.05) is 37.4 Å². The van der Waals surface area contributed by atoms with Crippen molar-refractivity contribution < 1.29 is 23.6 Å². The van der Waals surface area contributed by atoms with Crippen molar-refractivity contribution in [1.29, 1.82) is 0 Å². The fourth-order valence-electron chi connectivity index (χ4n) is 2.43. The SMILES string of the molecule is CCOc1ccccc1NC(=O)C[NH+](C)CC(=O)Nc1cccc(F)c1. The summed E-state index contributed by atoms with van der Waals surface area (Å²) in [5, 5.41) is 5.40. The minimum atomic E-state index is -0.421. The Kier molecular flexibility index (Phi) is 7.11. The minimum absolute atomic E-state index is 0.0804. The predicted molar refractivity (Wildman–Crippen MR) is 97.9 cm³/mol. The molecule has 1 unspecified atom stereocenters. The van der Waals surface area contributed by atoms with Crippen molar-refractivity contribution in [3.05, 3.63) is 54.3 Å². The number of anilines is 2. The van der Waals surface area contributed by atoms with E-state index in [1.807, 2.05) is 13.0 Å². The number of hydrogen-bond acceptors (Lipinski definition) is 3. The summed E-state index contributed by atoms with van der Waals surface area (Å²) in [7, 11) is 1.74. The zero-order valence-corrected chi connectivity index (χ0v) is 14.8. The standard InChI is InChI=1S/C19H22FN3O3/c1-3-26-17-10-5-4-9-16(17)22-19(25)13-23(2)12-18(24)21-15-8-6-7-14(20)11-15/h4-11H,3,12-13H2,1-2H3,(H,21,24)(H,22,25)/p+1. The van der Waals surface area contributed by atoms with Gasteiger partial charge in [-0.3, -0.25) is 9.59 Å². The van der Waals surface area contributed by atoms with Crippen LogP contribution in [0.3, 0.4) is 0 Å². The van der Waals surface area contributed by atoms with E-state index in [1.54, 1.807) is 31.3 Å². The summed E-state index contributed by atoms with van der Waals surface area (Å²) >= 11 is 0. The Morgan fingerprint density at radius 3 is 2.42 bits per heavy atom. The monoisotopic (exact) mass is 360 g/mol. The molecule has 0 aliphatic rings. The smallest absolute Gasteiger partial charge is 0.279 e. The highest BCUT2D eigenvalue weighted by Crippen LogP contribution is 2.23. The Labute approximate surface area is 152 Å². The summed E-state index contributed by atoms with van der Waals surface area (Å²) in [6, 6.07) is 12.8. The molecule has 0 aliphatic heterocycles. The summed E-state index contributed by atoms with van der Waals surface area (Å²) in [5.74, 6) is -0.343. The molecule has 6 nitrogen and oxygen atoms in total.